The lowest BCUT2D eigenvalue weighted by molar-refractivity contribution is -0.115. The number of nitrogens with one attached hydrogen (secondary N) is 1. The van der Waals surface area contributed by atoms with Crippen molar-refractivity contribution >= 4 is 29.1 Å². The van der Waals surface area contributed by atoms with E-state index < -0.39 is 5.91 Å². The Labute approximate surface area is 168 Å². The number of carbonyl (C=O) groups is 2. The number of rotatable bonds is 7. The maximum atomic E-state index is 12.3. The molecule has 3 rings (SSSR count). The first-order valence-electron chi connectivity index (χ1n) is 8.66. The van der Waals surface area contributed by atoms with Crippen LogP contribution in [-0.2, 0) is 17.8 Å². The van der Waals surface area contributed by atoms with E-state index in [1.54, 1.807) is 42.5 Å². The van der Waals surface area contributed by atoms with Crippen molar-refractivity contribution < 1.29 is 14.3 Å². The van der Waals surface area contributed by atoms with E-state index >= 15 is 0 Å². The Kier molecular flexibility index (Phi) is 6.29. The van der Waals surface area contributed by atoms with Crippen LogP contribution in [0.4, 0.5) is 5.69 Å². The molecule has 3 aromatic rings. The molecule has 0 aliphatic carbocycles. The SMILES string of the molecule is NC(=O)c1ccccc1OCc1cccc(NC(=O)Cc2ccc(Cl)cc2)c1. The lowest BCUT2D eigenvalue weighted by Gasteiger charge is -2.11. The van der Waals surface area contributed by atoms with E-state index in [0.29, 0.717) is 22.0 Å². The van der Waals surface area contributed by atoms with Gasteiger partial charge in [-0.05, 0) is 47.5 Å². The van der Waals surface area contributed by atoms with Gasteiger partial charge in [0.1, 0.15) is 12.4 Å². The zero-order valence-electron chi connectivity index (χ0n) is 15.0. The molecule has 28 heavy (non-hydrogen) atoms. The molecule has 0 radical (unpaired) electrons. The van der Waals surface area contributed by atoms with Gasteiger partial charge in [0.25, 0.3) is 5.91 Å². The quantitative estimate of drug-likeness (QED) is 0.630. The van der Waals surface area contributed by atoms with Crippen LogP contribution in [0.25, 0.3) is 0 Å². The van der Waals surface area contributed by atoms with Crippen LogP contribution in [0.5, 0.6) is 5.75 Å². The molecule has 0 saturated carbocycles. The molecular weight excluding hydrogens is 376 g/mol. The molecule has 3 aromatic carbocycles. The highest BCUT2D eigenvalue weighted by Crippen LogP contribution is 2.20. The smallest absolute Gasteiger partial charge is 0.252 e. The van der Waals surface area contributed by atoms with Crippen molar-refractivity contribution in [3.63, 3.8) is 0 Å². The molecule has 0 aromatic heterocycles. The van der Waals surface area contributed by atoms with Crippen LogP contribution in [0.15, 0.2) is 72.8 Å². The second-order valence-electron chi connectivity index (χ2n) is 6.20. The minimum atomic E-state index is -0.543. The highest BCUT2D eigenvalue weighted by Gasteiger charge is 2.09. The van der Waals surface area contributed by atoms with Crippen molar-refractivity contribution in [1.82, 2.24) is 0 Å². The van der Waals surface area contributed by atoms with Gasteiger partial charge in [-0.15, -0.1) is 0 Å². The fraction of sp³-hybridized carbons (Fsp3) is 0.0909. The fourth-order valence-electron chi connectivity index (χ4n) is 2.69. The summed E-state index contributed by atoms with van der Waals surface area (Å²) in [5.74, 6) is -0.245. The third kappa shape index (κ3) is 5.34. The van der Waals surface area contributed by atoms with Gasteiger partial charge in [-0.3, -0.25) is 9.59 Å². The Balaban J connectivity index is 1.62. The maximum Gasteiger partial charge on any atom is 0.252 e. The number of ether oxygens (including phenoxy) is 1. The minimum Gasteiger partial charge on any atom is -0.488 e. The number of para-hydroxylation sites is 1. The normalized spacial score (nSPS) is 10.3. The van der Waals surface area contributed by atoms with Gasteiger partial charge in [-0.2, -0.15) is 0 Å². The number of benzene rings is 3. The molecule has 6 heteroatoms. The lowest BCUT2D eigenvalue weighted by atomic mass is 10.1. The largest absolute Gasteiger partial charge is 0.488 e. The Morgan fingerprint density at radius 1 is 0.929 bits per heavy atom. The molecular formula is C22H19ClN2O3. The third-order valence-electron chi connectivity index (χ3n) is 4.04. The average Bonchev–Trinajstić information content (AvgIpc) is 2.68. The Hall–Kier alpha value is -3.31. The summed E-state index contributed by atoms with van der Waals surface area (Å²) in [5, 5.41) is 3.51. The van der Waals surface area contributed by atoms with Gasteiger partial charge < -0.3 is 15.8 Å². The summed E-state index contributed by atoms with van der Waals surface area (Å²) in [6, 6.07) is 21.3. The van der Waals surface area contributed by atoms with E-state index in [9.17, 15) is 9.59 Å². The number of primary amides is 1. The predicted molar refractivity (Wildman–Crippen MR) is 110 cm³/mol. The van der Waals surface area contributed by atoms with E-state index in [4.69, 9.17) is 22.1 Å². The fourth-order valence-corrected chi connectivity index (χ4v) is 2.81. The number of hydrogen-bond acceptors (Lipinski definition) is 3. The number of halogens is 1. The first kappa shape index (κ1) is 19.5. The van der Waals surface area contributed by atoms with E-state index in [1.807, 2.05) is 30.3 Å². The highest BCUT2D eigenvalue weighted by atomic mass is 35.5. The van der Waals surface area contributed by atoms with Gasteiger partial charge >= 0.3 is 0 Å². The standard InChI is InChI=1S/C22H19ClN2O3/c23-17-10-8-15(9-11-17)13-21(26)25-18-5-3-4-16(12-18)14-28-20-7-2-1-6-19(20)22(24)27/h1-12H,13-14H2,(H2,24,27)(H,25,26). The molecule has 0 atom stereocenters. The van der Waals surface area contributed by atoms with Crippen LogP contribution in [0.1, 0.15) is 21.5 Å². The molecule has 5 nitrogen and oxygen atoms in total. The summed E-state index contributed by atoms with van der Waals surface area (Å²) in [6.07, 6.45) is 0.254. The zero-order chi connectivity index (χ0) is 19.9. The van der Waals surface area contributed by atoms with Gasteiger partial charge in [0.05, 0.1) is 12.0 Å². The van der Waals surface area contributed by atoms with Crippen LogP contribution >= 0.6 is 11.6 Å². The van der Waals surface area contributed by atoms with Crippen LogP contribution < -0.4 is 15.8 Å². The van der Waals surface area contributed by atoms with Crippen molar-refractivity contribution in [3.05, 3.63) is 94.5 Å². The van der Waals surface area contributed by atoms with E-state index in [2.05, 4.69) is 5.32 Å². The highest BCUT2D eigenvalue weighted by molar-refractivity contribution is 6.30. The van der Waals surface area contributed by atoms with Gasteiger partial charge in [0, 0.05) is 10.7 Å². The van der Waals surface area contributed by atoms with Crippen molar-refractivity contribution in [2.45, 2.75) is 13.0 Å². The van der Waals surface area contributed by atoms with Crippen LogP contribution in [0.3, 0.4) is 0 Å². The molecule has 0 heterocycles. The van der Waals surface area contributed by atoms with Crippen LogP contribution in [0.2, 0.25) is 5.02 Å². The van der Waals surface area contributed by atoms with E-state index in [-0.39, 0.29) is 18.9 Å². The first-order valence-corrected chi connectivity index (χ1v) is 9.04. The van der Waals surface area contributed by atoms with Gasteiger partial charge in [0.15, 0.2) is 0 Å². The van der Waals surface area contributed by atoms with Gasteiger partial charge in [-0.1, -0.05) is 48.0 Å². The first-order chi connectivity index (χ1) is 13.5. The predicted octanol–water partition coefficient (Wildman–Crippen LogP) is 4.20. The summed E-state index contributed by atoms with van der Waals surface area (Å²) < 4.78 is 5.73. The molecule has 0 fully saturated rings. The lowest BCUT2D eigenvalue weighted by Crippen LogP contribution is -2.14. The van der Waals surface area contributed by atoms with E-state index in [0.717, 1.165) is 11.1 Å². The molecule has 0 saturated heterocycles. The maximum absolute atomic E-state index is 12.3. The molecule has 0 aliphatic rings. The van der Waals surface area contributed by atoms with Gasteiger partial charge in [-0.25, -0.2) is 0 Å². The third-order valence-corrected chi connectivity index (χ3v) is 4.29. The topological polar surface area (TPSA) is 81.4 Å². The summed E-state index contributed by atoms with van der Waals surface area (Å²) >= 11 is 5.86. The summed E-state index contributed by atoms with van der Waals surface area (Å²) in [4.78, 5) is 23.7. The molecule has 2 amide bonds. The van der Waals surface area contributed by atoms with Crippen molar-refractivity contribution in [2.24, 2.45) is 5.73 Å². The minimum absolute atomic E-state index is 0.125. The Morgan fingerprint density at radius 3 is 2.43 bits per heavy atom. The Bertz CT molecular complexity index is 987. The van der Waals surface area contributed by atoms with Crippen molar-refractivity contribution in [3.8, 4) is 5.75 Å². The zero-order valence-corrected chi connectivity index (χ0v) is 15.8. The van der Waals surface area contributed by atoms with Crippen LogP contribution in [0, 0.1) is 0 Å². The summed E-state index contributed by atoms with van der Waals surface area (Å²) in [6.45, 7) is 0.241. The van der Waals surface area contributed by atoms with Crippen molar-refractivity contribution in [2.75, 3.05) is 5.32 Å². The monoisotopic (exact) mass is 394 g/mol. The second kappa shape index (κ2) is 9.06. The molecule has 0 spiro atoms. The molecule has 3 N–H and O–H groups in total. The molecule has 0 aliphatic heterocycles. The summed E-state index contributed by atoms with van der Waals surface area (Å²) in [7, 11) is 0. The molecule has 0 bridgehead atoms. The van der Waals surface area contributed by atoms with E-state index in [1.165, 1.54) is 0 Å². The number of anilines is 1. The van der Waals surface area contributed by atoms with Crippen molar-refractivity contribution in [1.29, 1.82) is 0 Å². The number of carbonyl (C=O) groups excluding carboxylic acids is 2. The molecule has 142 valence electrons. The molecule has 0 unspecified atom stereocenters. The average molecular weight is 395 g/mol. The van der Waals surface area contributed by atoms with Gasteiger partial charge in [0.2, 0.25) is 5.91 Å². The number of hydrogen-bond donors (Lipinski definition) is 2. The second-order valence-corrected chi connectivity index (χ2v) is 6.64. The number of amides is 2. The number of nitrogens with two attached hydrogens (primary N) is 1. The Morgan fingerprint density at radius 2 is 1.68 bits per heavy atom. The van der Waals surface area contributed by atoms with Crippen LogP contribution in [-0.4, -0.2) is 11.8 Å². The summed E-state index contributed by atoms with van der Waals surface area (Å²) in [5.41, 5.74) is 8.09.